The van der Waals surface area contributed by atoms with Gasteiger partial charge in [-0.15, -0.1) is 5.10 Å². The van der Waals surface area contributed by atoms with Crippen molar-refractivity contribution in [1.82, 2.24) is 20.1 Å². The Kier molecular flexibility index (Phi) is 5.12. The fraction of sp³-hybridized carbons (Fsp3) is 0.500. The lowest BCUT2D eigenvalue weighted by atomic mass is 10.2. The van der Waals surface area contributed by atoms with Crippen molar-refractivity contribution in [3.63, 3.8) is 0 Å². The predicted octanol–water partition coefficient (Wildman–Crippen LogP) is 1.20. The second kappa shape index (κ2) is 7.84. The molecule has 0 spiro atoms. The molecule has 0 saturated carbocycles. The Hall–Kier alpha value is -2.45. The maximum atomic E-state index is 5.46. The van der Waals surface area contributed by atoms with Crippen LogP contribution in [-0.4, -0.2) is 79.6 Å². The van der Waals surface area contributed by atoms with Crippen LogP contribution in [0.3, 0.4) is 0 Å². The Bertz CT molecular complexity index is 727. The number of piperazine rings is 1. The summed E-state index contributed by atoms with van der Waals surface area (Å²) in [5.74, 6) is 1.40. The number of nitrogens with one attached hydrogen (secondary N) is 1. The highest BCUT2D eigenvalue weighted by Crippen LogP contribution is 2.28. The molecular weight excluding hydrogens is 330 g/mol. The highest BCUT2D eigenvalue weighted by atomic mass is 16.5. The summed E-state index contributed by atoms with van der Waals surface area (Å²) in [6.45, 7) is 7.27. The number of benzene rings is 1. The number of hydrogen-bond acceptors (Lipinski definition) is 8. The summed E-state index contributed by atoms with van der Waals surface area (Å²) in [7, 11) is 2.14. The maximum Gasteiger partial charge on any atom is 0.249 e. The molecule has 1 N–H and O–H groups in total. The Morgan fingerprint density at radius 3 is 2.54 bits per heavy atom. The molecule has 8 nitrogen and oxygen atoms in total. The molecule has 0 atom stereocenters. The molecule has 3 heterocycles. The third kappa shape index (κ3) is 3.86. The molecule has 0 unspecified atom stereocenters. The van der Waals surface area contributed by atoms with Crippen molar-refractivity contribution in [2.75, 3.05) is 74.6 Å². The van der Waals surface area contributed by atoms with Gasteiger partial charge in [-0.2, -0.15) is 10.1 Å². The molecule has 0 radical (unpaired) electrons. The molecule has 1 aromatic carbocycles. The standard InChI is InChI=1S/C18H25N7O/c1-23-6-8-25(9-7-23)17-14-19-22-18(21-17)20-15-4-2-3-5-16(15)24-10-12-26-13-11-24/h2-5,14H,6-13H2,1H3,(H,20,21,22). The molecule has 8 heteroatoms. The summed E-state index contributed by atoms with van der Waals surface area (Å²) in [5, 5.41) is 11.7. The van der Waals surface area contributed by atoms with E-state index in [1.54, 1.807) is 6.20 Å². The normalized spacial score (nSPS) is 18.8. The molecule has 0 bridgehead atoms. The van der Waals surface area contributed by atoms with Crippen LogP contribution >= 0.6 is 0 Å². The number of nitrogens with zero attached hydrogens (tertiary/aromatic N) is 6. The van der Waals surface area contributed by atoms with Crippen LogP contribution in [0.15, 0.2) is 30.5 Å². The minimum atomic E-state index is 0.530. The molecule has 1 aromatic heterocycles. The Morgan fingerprint density at radius 2 is 1.73 bits per heavy atom. The predicted molar refractivity (Wildman–Crippen MR) is 102 cm³/mol. The molecule has 2 saturated heterocycles. The summed E-state index contributed by atoms with van der Waals surface area (Å²) in [6.07, 6.45) is 1.74. The lowest BCUT2D eigenvalue weighted by Gasteiger charge is -2.33. The lowest BCUT2D eigenvalue weighted by molar-refractivity contribution is 0.123. The third-order valence-electron chi connectivity index (χ3n) is 4.88. The molecule has 4 rings (SSSR count). The van der Waals surface area contributed by atoms with E-state index >= 15 is 0 Å². The fourth-order valence-electron chi connectivity index (χ4n) is 3.32. The second-order valence-corrected chi connectivity index (χ2v) is 6.67. The van der Waals surface area contributed by atoms with E-state index in [1.165, 1.54) is 0 Å². The van der Waals surface area contributed by atoms with E-state index in [9.17, 15) is 0 Å². The van der Waals surface area contributed by atoms with Crippen LogP contribution in [0.25, 0.3) is 0 Å². The van der Waals surface area contributed by atoms with Crippen LogP contribution in [-0.2, 0) is 4.74 Å². The number of rotatable bonds is 4. The average Bonchev–Trinajstić information content (AvgIpc) is 2.70. The number of ether oxygens (including phenoxy) is 1. The van der Waals surface area contributed by atoms with Gasteiger partial charge >= 0.3 is 0 Å². The first-order valence-electron chi connectivity index (χ1n) is 9.11. The van der Waals surface area contributed by atoms with Crippen molar-refractivity contribution in [2.45, 2.75) is 0 Å². The van der Waals surface area contributed by atoms with Crippen molar-refractivity contribution in [2.24, 2.45) is 0 Å². The van der Waals surface area contributed by atoms with Crippen LogP contribution in [0.2, 0.25) is 0 Å². The van der Waals surface area contributed by atoms with E-state index in [0.717, 1.165) is 69.7 Å². The quantitative estimate of drug-likeness (QED) is 0.878. The monoisotopic (exact) mass is 355 g/mol. The molecule has 2 aliphatic rings. The number of hydrogen-bond donors (Lipinski definition) is 1. The van der Waals surface area contributed by atoms with Gasteiger partial charge in [-0.25, -0.2) is 0 Å². The molecular formula is C18H25N7O. The Balaban J connectivity index is 1.52. The first-order chi connectivity index (χ1) is 12.8. The van der Waals surface area contributed by atoms with Gasteiger partial charge in [0.25, 0.3) is 0 Å². The van der Waals surface area contributed by atoms with E-state index in [2.05, 4.69) is 60.4 Å². The van der Waals surface area contributed by atoms with E-state index in [0.29, 0.717) is 5.95 Å². The van der Waals surface area contributed by atoms with Crippen LogP contribution in [0.4, 0.5) is 23.1 Å². The largest absolute Gasteiger partial charge is 0.378 e. The van der Waals surface area contributed by atoms with Crippen LogP contribution in [0, 0.1) is 0 Å². The van der Waals surface area contributed by atoms with Crippen molar-refractivity contribution in [3.8, 4) is 0 Å². The van der Waals surface area contributed by atoms with Crippen molar-refractivity contribution in [3.05, 3.63) is 30.5 Å². The molecule has 2 aromatic rings. The minimum Gasteiger partial charge on any atom is -0.378 e. The molecule has 138 valence electrons. The summed E-state index contributed by atoms with van der Waals surface area (Å²) in [6, 6.07) is 8.24. The first-order valence-corrected chi connectivity index (χ1v) is 9.11. The number of para-hydroxylation sites is 2. The van der Waals surface area contributed by atoms with E-state index < -0.39 is 0 Å². The van der Waals surface area contributed by atoms with E-state index in [4.69, 9.17) is 4.74 Å². The molecule has 2 fully saturated rings. The van der Waals surface area contributed by atoms with Crippen molar-refractivity contribution in [1.29, 1.82) is 0 Å². The van der Waals surface area contributed by atoms with Gasteiger partial charge in [-0.1, -0.05) is 12.1 Å². The second-order valence-electron chi connectivity index (χ2n) is 6.67. The van der Waals surface area contributed by atoms with Gasteiger partial charge < -0.3 is 24.8 Å². The van der Waals surface area contributed by atoms with Gasteiger partial charge in [0.05, 0.1) is 30.8 Å². The van der Waals surface area contributed by atoms with Crippen LogP contribution < -0.4 is 15.1 Å². The summed E-state index contributed by atoms with van der Waals surface area (Å²) >= 11 is 0. The third-order valence-corrected chi connectivity index (χ3v) is 4.88. The van der Waals surface area contributed by atoms with Gasteiger partial charge in [-0.05, 0) is 19.2 Å². The topological polar surface area (TPSA) is 69.7 Å². The summed E-state index contributed by atoms with van der Waals surface area (Å²) in [4.78, 5) is 11.6. The SMILES string of the molecule is CN1CCN(c2cnnc(Nc3ccccc3N3CCOCC3)n2)CC1. The number of aromatic nitrogens is 3. The zero-order valence-electron chi connectivity index (χ0n) is 15.1. The van der Waals surface area contributed by atoms with Gasteiger partial charge in [0.15, 0.2) is 5.82 Å². The van der Waals surface area contributed by atoms with Crippen molar-refractivity contribution < 1.29 is 4.74 Å². The van der Waals surface area contributed by atoms with Crippen molar-refractivity contribution >= 4 is 23.1 Å². The lowest BCUT2D eigenvalue weighted by Crippen LogP contribution is -2.44. The summed E-state index contributed by atoms with van der Waals surface area (Å²) < 4.78 is 5.46. The molecule has 2 aliphatic heterocycles. The average molecular weight is 355 g/mol. The van der Waals surface area contributed by atoms with Gasteiger partial charge in [-0.3, -0.25) is 0 Å². The van der Waals surface area contributed by atoms with Gasteiger partial charge in [0.2, 0.25) is 5.95 Å². The zero-order valence-corrected chi connectivity index (χ0v) is 15.1. The zero-order chi connectivity index (χ0) is 17.8. The van der Waals surface area contributed by atoms with Crippen LogP contribution in [0.1, 0.15) is 0 Å². The number of likely N-dealkylation sites (N-methyl/N-ethyl adjacent to an activating group) is 1. The maximum absolute atomic E-state index is 5.46. The van der Waals surface area contributed by atoms with Crippen LogP contribution in [0.5, 0.6) is 0 Å². The highest BCUT2D eigenvalue weighted by molar-refractivity contribution is 5.73. The smallest absolute Gasteiger partial charge is 0.249 e. The molecule has 0 amide bonds. The highest BCUT2D eigenvalue weighted by Gasteiger charge is 2.18. The molecule has 26 heavy (non-hydrogen) atoms. The number of morpholine rings is 1. The fourth-order valence-corrected chi connectivity index (χ4v) is 3.32. The Labute approximate surface area is 153 Å². The minimum absolute atomic E-state index is 0.530. The Morgan fingerprint density at radius 1 is 0.962 bits per heavy atom. The van der Waals surface area contributed by atoms with E-state index in [1.807, 2.05) is 6.07 Å². The summed E-state index contributed by atoms with van der Waals surface area (Å²) in [5.41, 5.74) is 2.14. The molecule has 0 aliphatic carbocycles. The number of anilines is 4. The van der Waals surface area contributed by atoms with Gasteiger partial charge in [0.1, 0.15) is 0 Å². The van der Waals surface area contributed by atoms with E-state index in [-0.39, 0.29) is 0 Å². The first kappa shape index (κ1) is 17.0. The van der Waals surface area contributed by atoms with Gasteiger partial charge in [0, 0.05) is 39.3 Å².